The average molecular weight is 607 g/mol. The molecule has 10 nitrogen and oxygen atoms in total. The van der Waals surface area contributed by atoms with Gasteiger partial charge in [0.25, 0.3) is 5.91 Å². The van der Waals surface area contributed by atoms with E-state index in [1.807, 2.05) is 60.7 Å². The molecule has 38 heavy (non-hydrogen) atoms. The molecule has 0 saturated carbocycles. The van der Waals surface area contributed by atoms with Crippen molar-refractivity contribution in [1.29, 1.82) is 0 Å². The SMILES string of the molecule is CC(=O)OCOC(OCC(Cc1ccccc1)NC(=O)c1ccc2ccccc2c1Br)(O[PH+]=O)OC(C)=O. The Balaban J connectivity index is 1.85. The third-order valence-electron chi connectivity index (χ3n) is 5.16. The Morgan fingerprint density at radius 3 is 2.34 bits per heavy atom. The molecule has 3 aromatic carbocycles. The normalized spacial score (nSPS) is 13.4. The maximum Gasteiger partial charge on any atom is 0.508 e. The van der Waals surface area contributed by atoms with Crippen LogP contribution >= 0.6 is 24.6 Å². The molecule has 3 atom stereocenters. The summed E-state index contributed by atoms with van der Waals surface area (Å²) in [5, 5.41) is 4.76. The van der Waals surface area contributed by atoms with Crippen LogP contribution in [-0.2, 0) is 44.0 Å². The molecule has 0 spiro atoms. The van der Waals surface area contributed by atoms with Crippen LogP contribution in [0.1, 0.15) is 29.8 Å². The fourth-order valence-corrected chi connectivity index (χ4v) is 4.45. The monoisotopic (exact) mass is 606 g/mol. The van der Waals surface area contributed by atoms with Crippen molar-refractivity contribution in [3.8, 4) is 0 Å². The van der Waals surface area contributed by atoms with Gasteiger partial charge in [-0.25, -0.2) is 0 Å². The van der Waals surface area contributed by atoms with Crippen LogP contribution in [0.3, 0.4) is 0 Å². The molecule has 3 unspecified atom stereocenters. The highest BCUT2D eigenvalue weighted by Gasteiger charge is 2.45. The Kier molecular flexibility index (Phi) is 10.9. The Morgan fingerprint density at radius 2 is 1.66 bits per heavy atom. The van der Waals surface area contributed by atoms with E-state index in [1.54, 1.807) is 6.07 Å². The van der Waals surface area contributed by atoms with Crippen molar-refractivity contribution in [2.45, 2.75) is 32.5 Å². The molecule has 0 fully saturated rings. The molecular formula is C26H26BrNO9P+. The highest BCUT2D eigenvalue weighted by atomic mass is 79.9. The molecule has 0 bridgehead atoms. The number of esters is 2. The summed E-state index contributed by atoms with van der Waals surface area (Å²) in [5.74, 6) is -1.95. The first-order valence-corrected chi connectivity index (χ1v) is 13.0. The van der Waals surface area contributed by atoms with E-state index in [-0.39, 0.29) is 6.61 Å². The molecule has 0 saturated heterocycles. The number of fused-ring (bicyclic) bond motifs is 1. The van der Waals surface area contributed by atoms with Gasteiger partial charge in [0.15, 0.2) is 0 Å². The minimum Gasteiger partial charge on any atom is -0.438 e. The van der Waals surface area contributed by atoms with Gasteiger partial charge in [0.1, 0.15) is 0 Å². The second-order valence-electron chi connectivity index (χ2n) is 8.00. The van der Waals surface area contributed by atoms with E-state index in [4.69, 9.17) is 23.5 Å². The third-order valence-corrected chi connectivity index (χ3v) is 6.35. The summed E-state index contributed by atoms with van der Waals surface area (Å²) in [6, 6.07) is 19.8. The van der Waals surface area contributed by atoms with E-state index in [2.05, 4.69) is 21.2 Å². The quantitative estimate of drug-likeness (QED) is 0.168. The molecule has 1 N–H and O–H groups in total. The van der Waals surface area contributed by atoms with Crippen molar-refractivity contribution in [2.24, 2.45) is 0 Å². The van der Waals surface area contributed by atoms with Crippen molar-refractivity contribution < 1.29 is 42.4 Å². The van der Waals surface area contributed by atoms with Crippen LogP contribution in [0, 0.1) is 0 Å². The lowest BCUT2D eigenvalue weighted by molar-refractivity contribution is -0.462. The van der Waals surface area contributed by atoms with Crippen LogP contribution in [0.4, 0.5) is 0 Å². The standard InChI is InChI=1S/C26H25BrNO9P/c1-17(29)33-16-35-26(37-38-32,36-18(2)30)34-15-21(14-19-8-4-3-5-9-19)28-25(31)23-13-12-20-10-6-7-11-22(20)24(23)27/h3-13,21,38H,14-16H2,1-2H3/p+1. The number of carbonyl (C=O) groups is 3. The molecule has 0 aromatic heterocycles. The Hall–Kier alpha value is -3.21. The second-order valence-corrected chi connectivity index (χ2v) is 9.16. The molecular weight excluding hydrogens is 581 g/mol. The molecule has 0 aliphatic heterocycles. The molecule has 0 aliphatic carbocycles. The smallest absolute Gasteiger partial charge is 0.438 e. The number of nitrogens with one attached hydrogen (secondary N) is 1. The summed E-state index contributed by atoms with van der Waals surface area (Å²) in [4.78, 5) is 36.2. The zero-order chi connectivity index (χ0) is 27.5. The lowest BCUT2D eigenvalue weighted by Crippen LogP contribution is -2.47. The van der Waals surface area contributed by atoms with Crippen molar-refractivity contribution in [1.82, 2.24) is 5.32 Å². The molecule has 0 heterocycles. The first kappa shape index (κ1) is 29.3. The summed E-state index contributed by atoms with van der Waals surface area (Å²) in [5.41, 5.74) is 1.28. The first-order valence-electron chi connectivity index (χ1n) is 11.4. The van der Waals surface area contributed by atoms with Gasteiger partial charge in [0.05, 0.1) is 18.2 Å². The molecule has 1 amide bonds. The maximum atomic E-state index is 13.3. The average Bonchev–Trinajstić information content (AvgIpc) is 2.88. The fraction of sp³-hybridized carbons (Fsp3) is 0.269. The zero-order valence-corrected chi connectivity index (χ0v) is 23.2. The summed E-state index contributed by atoms with van der Waals surface area (Å²) in [6.45, 7) is 1.19. The number of hydrogen-bond donors (Lipinski definition) is 1. The summed E-state index contributed by atoms with van der Waals surface area (Å²) >= 11 is 3.53. The number of ether oxygens (including phenoxy) is 4. The topological polar surface area (TPSA) is 126 Å². The molecule has 12 heteroatoms. The van der Waals surface area contributed by atoms with E-state index >= 15 is 0 Å². The number of carbonyl (C=O) groups excluding carboxylic acids is 3. The van der Waals surface area contributed by atoms with Crippen LogP contribution in [0.25, 0.3) is 10.8 Å². The van der Waals surface area contributed by atoms with Gasteiger partial charge in [-0.2, -0.15) is 0 Å². The second kappa shape index (κ2) is 14.1. The third kappa shape index (κ3) is 8.41. The van der Waals surface area contributed by atoms with Gasteiger partial charge >= 0.3 is 26.8 Å². The Bertz CT molecular complexity index is 1290. The fourth-order valence-electron chi connectivity index (χ4n) is 3.52. The number of hydrogen-bond acceptors (Lipinski definition) is 9. The van der Waals surface area contributed by atoms with Gasteiger partial charge in [0.2, 0.25) is 6.79 Å². The van der Waals surface area contributed by atoms with Crippen LogP contribution in [0.5, 0.6) is 0 Å². The van der Waals surface area contributed by atoms with Crippen molar-refractivity contribution >= 4 is 53.2 Å². The van der Waals surface area contributed by atoms with Crippen molar-refractivity contribution in [3.63, 3.8) is 0 Å². The molecule has 0 radical (unpaired) electrons. The van der Waals surface area contributed by atoms with E-state index in [9.17, 15) is 18.9 Å². The number of halogens is 1. The van der Waals surface area contributed by atoms with Gasteiger partial charge in [-0.15, -0.1) is 0 Å². The van der Waals surface area contributed by atoms with Crippen LogP contribution in [0.15, 0.2) is 71.2 Å². The summed E-state index contributed by atoms with van der Waals surface area (Å²) in [6.07, 6.45) is -2.26. The summed E-state index contributed by atoms with van der Waals surface area (Å²) in [7, 11) is -1.46. The zero-order valence-electron chi connectivity index (χ0n) is 20.6. The number of amides is 1. The molecule has 3 rings (SSSR count). The van der Waals surface area contributed by atoms with E-state index in [0.29, 0.717) is 16.5 Å². The number of benzene rings is 3. The lowest BCUT2D eigenvalue weighted by Gasteiger charge is -2.28. The van der Waals surface area contributed by atoms with E-state index in [0.717, 1.165) is 30.2 Å². The minimum absolute atomic E-state index is 0.302. The molecule has 0 aliphatic rings. The predicted octanol–water partition coefficient (Wildman–Crippen LogP) is 4.63. The minimum atomic E-state index is -2.58. The molecule has 200 valence electrons. The van der Waals surface area contributed by atoms with Crippen molar-refractivity contribution in [3.05, 3.63) is 82.3 Å². The maximum absolute atomic E-state index is 13.3. The number of rotatable bonds is 13. The summed E-state index contributed by atoms with van der Waals surface area (Å²) < 4.78 is 37.5. The Morgan fingerprint density at radius 1 is 0.947 bits per heavy atom. The highest BCUT2D eigenvalue weighted by molar-refractivity contribution is 9.10. The van der Waals surface area contributed by atoms with Crippen LogP contribution < -0.4 is 5.32 Å². The van der Waals surface area contributed by atoms with Gasteiger partial charge in [-0.1, -0.05) is 60.7 Å². The van der Waals surface area contributed by atoms with Crippen molar-refractivity contribution in [2.75, 3.05) is 13.4 Å². The van der Waals surface area contributed by atoms with E-state index in [1.165, 1.54) is 0 Å². The predicted molar refractivity (Wildman–Crippen MR) is 141 cm³/mol. The Labute approximate surface area is 228 Å². The lowest BCUT2D eigenvalue weighted by atomic mass is 10.0. The van der Waals surface area contributed by atoms with E-state index < -0.39 is 45.5 Å². The van der Waals surface area contributed by atoms with Gasteiger partial charge < -0.3 is 14.8 Å². The first-order chi connectivity index (χ1) is 18.2. The van der Waals surface area contributed by atoms with Gasteiger partial charge in [-0.3, -0.25) is 23.9 Å². The largest absolute Gasteiger partial charge is 0.508 e. The van der Waals surface area contributed by atoms with Gasteiger partial charge in [0, 0.05) is 18.3 Å². The van der Waals surface area contributed by atoms with Crippen LogP contribution in [-0.4, -0.2) is 43.4 Å². The molecule has 3 aromatic rings. The highest BCUT2D eigenvalue weighted by Crippen LogP contribution is 2.28. The van der Waals surface area contributed by atoms with Crippen LogP contribution in [0.2, 0.25) is 0 Å². The van der Waals surface area contributed by atoms with Gasteiger partial charge in [-0.05, 0) is 53.8 Å².